The van der Waals surface area contributed by atoms with Gasteiger partial charge in [0.15, 0.2) is 5.69 Å². The molecule has 7 heteroatoms. The zero-order chi connectivity index (χ0) is 13.8. The Morgan fingerprint density at radius 2 is 2.11 bits per heavy atom. The number of hydrogen-bond donors (Lipinski definition) is 0. The normalized spacial score (nSPS) is 11.4. The second kappa shape index (κ2) is 5.91. The molecule has 2 heterocycles. The quantitative estimate of drug-likeness (QED) is 0.359. The minimum Gasteiger partial charge on any atom is -0.311 e. The molecule has 0 atom stereocenters. The van der Waals surface area contributed by atoms with Gasteiger partial charge in [-0.25, -0.2) is 4.79 Å². The van der Waals surface area contributed by atoms with Gasteiger partial charge in [-0.15, -0.1) is 0 Å². The summed E-state index contributed by atoms with van der Waals surface area (Å²) in [5, 5.41) is 7.82. The number of pyridine rings is 1. The van der Waals surface area contributed by atoms with Crippen molar-refractivity contribution in [3.05, 3.63) is 45.6 Å². The Morgan fingerprint density at radius 1 is 1.42 bits per heavy atom. The van der Waals surface area contributed by atoms with E-state index in [1.807, 2.05) is 22.6 Å². The maximum Gasteiger partial charge on any atom is 0.386 e. The molecule has 0 amide bonds. The summed E-state index contributed by atoms with van der Waals surface area (Å²) >= 11 is 2.02. The van der Waals surface area contributed by atoms with Crippen LogP contribution in [0.4, 0.5) is 0 Å². The van der Waals surface area contributed by atoms with Crippen LogP contribution >= 0.6 is 22.6 Å². The molecule has 0 spiro atoms. The number of aromatic nitrogens is 3. The van der Waals surface area contributed by atoms with E-state index >= 15 is 0 Å². The molecule has 0 saturated heterocycles. The SMILES string of the molecule is CC(=NOC(=O)c1nn(C)cc1I)c1ccncc1. The maximum absolute atomic E-state index is 11.8. The highest BCUT2D eigenvalue weighted by Crippen LogP contribution is 2.11. The molecule has 2 rings (SSSR count). The van der Waals surface area contributed by atoms with Gasteiger partial charge in [-0.1, -0.05) is 5.16 Å². The average molecular weight is 370 g/mol. The van der Waals surface area contributed by atoms with Crippen molar-refractivity contribution in [1.82, 2.24) is 14.8 Å². The number of rotatable bonds is 3. The molecular weight excluding hydrogens is 359 g/mol. The molecule has 2 aromatic rings. The fourth-order valence-electron chi connectivity index (χ4n) is 1.40. The molecule has 0 radical (unpaired) electrons. The van der Waals surface area contributed by atoms with Gasteiger partial charge < -0.3 is 4.84 Å². The zero-order valence-electron chi connectivity index (χ0n) is 10.4. The van der Waals surface area contributed by atoms with Gasteiger partial charge >= 0.3 is 5.97 Å². The van der Waals surface area contributed by atoms with Gasteiger partial charge in [-0.2, -0.15) is 5.10 Å². The van der Waals surface area contributed by atoms with Crippen LogP contribution in [-0.4, -0.2) is 26.4 Å². The molecular formula is C12H11IN4O2. The highest BCUT2D eigenvalue weighted by Gasteiger charge is 2.16. The lowest BCUT2D eigenvalue weighted by Crippen LogP contribution is -2.06. The van der Waals surface area contributed by atoms with Crippen molar-refractivity contribution in [3.8, 4) is 0 Å². The number of halogens is 1. The van der Waals surface area contributed by atoms with E-state index in [2.05, 4.69) is 15.2 Å². The molecule has 0 aliphatic carbocycles. The zero-order valence-corrected chi connectivity index (χ0v) is 12.5. The number of nitrogens with zero attached hydrogens (tertiary/aromatic N) is 4. The van der Waals surface area contributed by atoms with Crippen LogP contribution in [-0.2, 0) is 11.9 Å². The molecule has 6 nitrogen and oxygen atoms in total. The average Bonchev–Trinajstić information content (AvgIpc) is 2.75. The van der Waals surface area contributed by atoms with Gasteiger partial charge in [0.2, 0.25) is 0 Å². The smallest absolute Gasteiger partial charge is 0.311 e. The summed E-state index contributed by atoms with van der Waals surface area (Å²) in [6.45, 7) is 1.76. The maximum atomic E-state index is 11.8. The molecule has 0 aromatic carbocycles. The molecule has 0 aliphatic rings. The lowest BCUT2D eigenvalue weighted by molar-refractivity contribution is 0.0507. The van der Waals surface area contributed by atoms with E-state index in [0.717, 1.165) is 9.13 Å². The van der Waals surface area contributed by atoms with Crippen molar-refractivity contribution >= 4 is 34.3 Å². The van der Waals surface area contributed by atoms with Crippen molar-refractivity contribution in [3.63, 3.8) is 0 Å². The Hall–Kier alpha value is -1.77. The standard InChI is InChI=1S/C12H11IN4O2/c1-8(9-3-5-14-6-4-9)16-19-12(18)11-10(13)7-17(2)15-11/h3-7H,1-2H3. The van der Waals surface area contributed by atoms with E-state index in [0.29, 0.717) is 5.71 Å². The van der Waals surface area contributed by atoms with E-state index in [4.69, 9.17) is 4.84 Å². The van der Waals surface area contributed by atoms with Crippen molar-refractivity contribution in [2.24, 2.45) is 12.2 Å². The van der Waals surface area contributed by atoms with Gasteiger partial charge in [-0.05, 0) is 41.6 Å². The molecule has 0 fully saturated rings. The number of oxime groups is 1. The van der Waals surface area contributed by atoms with Crippen LogP contribution in [0.1, 0.15) is 23.0 Å². The van der Waals surface area contributed by atoms with Crippen LogP contribution in [0.25, 0.3) is 0 Å². The van der Waals surface area contributed by atoms with Gasteiger partial charge in [0.1, 0.15) is 0 Å². The van der Waals surface area contributed by atoms with Crippen LogP contribution < -0.4 is 0 Å². The summed E-state index contributed by atoms with van der Waals surface area (Å²) in [6, 6.07) is 3.58. The number of carbonyl (C=O) groups is 1. The van der Waals surface area contributed by atoms with Crippen LogP contribution in [0.15, 0.2) is 35.9 Å². The van der Waals surface area contributed by atoms with E-state index in [1.54, 1.807) is 49.4 Å². The highest BCUT2D eigenvalue weighted by molar-refractivity contribution is 14.1. The van der Waals surface area contributed by atoms with Gasteiger partial charge in [0.25, 0.3) is 0 Å². The minimum atomic E-state index is -0.571. The summed E-state index contributed by atoms with van der Waals surface area (Å²) in [5.74, 6) is -0.571. The Labute approximate surface area is 123 Å². The van der Waals surface area contributed by atoms with Crippen LogP contribution in [0.2, 0.25) is 0 Å². The predicted molar refractivity (Wildman–Crippen MR) is 77.8 cm³/mol. The largest absolute Gasteiger partial charge is 0.386 e. The first-order valence-electron chi connectivity index (χ1n) is 5.43. The first-order valence-corrected chi connectivity index (χ1v) is 6.51. The van der Waals surface area contributed by atoms with Gasteiger partial charge in [0, 0.05) is 31.2 Å². The Balaban J connectivity index is 2.10. The van der Waals surface area contributed by atoms with E-state index < -0.39 is 5.97 Å². The highest BCUT2D eigenvalue weighted by atomic mass is 127. The van der Waals surface area contributed by atoms with Crippen molar-refractivity contribution in [2.45, 2.75) is 6.92 Å². The van der Waals surface area contributed by atoms with Crippen molar-refractivity contribution in [1.29, 1.82) is 0 Å². The summed E-state index contributed by atoms with van der Waals surface area (Å²) in [7, 11) is 1.74. The third-order valence-corrected chi connectivity index (χ3v) is 3.13. The minimum absolute atomic E-state index is 0.259. The van der Waals surface area contributed by atoms with E-state index in [1.165, 1.54) is 0 Å². The Kier molecular flexibility index (Phi) is 4.25. The predicted octanol–water partition coefficient (Wildman–Crippen LogP) is 2.00. The monoisotopic (exact) mass is 370 g/mol. The van der Waals surface area contributed by atoms with Crippen molar-refractivity contribution < 1.29 is 9.63 Å². The number of carbonyl (C=O) groups excluding carboxylic acids is 1. The van der Waals surface area contributed by atoms with Gasteiger partial charge in [0.05, 0.1) is 9.28 Å². The first-order chi connectivity index (χ1) is 9.08. The third-order valence-electron chi connectivity index (χ3n) is 2.34. The molecule has 2 aromatic heterocycles. The third kappa shape index (κ3) is 3.37. The van der Waals surface area contributed by atoms with Gasteiger partial charge in [-0.3, -0.25) is 9.67 Å². The second-order valence-electron chi connectivity index (χ2n) is 3.79. The van der Waals surface area contributed by atoms with Crippen LogP contribution in [0.5, 0.6) is 0 Å². The van der Waals surface area contributed by atoms with Crippen LogP contribution in [0, 0.1) is 3.57 Å². The summed E-state index contributed by atoms with van der Waals surface area (Å²) in [5.41, 5.74) is 1.70. The van der Waals surface area contributed by atoms with E-state index in [9.17, 15) is 4.79 Å². The molecule has 0 N–H and O–H groups in total. The first kappa shape index (κ1) is 13.7. The molecule has 0 aliphatic heterocycles. The topological polar surface area (TPSA) is 69.4 Å². The Bertz CT molecular complexity index is 622. The fourth-order valence-corrected chi connectivity index (χ4v) is 2.13. The molecule has 0 saturated carbocycles. The molecule has 98 valence electrons. The van der Waals surface area contributed by atoms with Crippen LogP contribution in [0.3, 0.4) is 0 Å². The molecule has 19 heavy (non-hydrogen) atoms. The summed E-state index contributed by atoms with van der Waals surface area (Å²) < 4.78 is 2.28. The lowest BCUT2D eigenvalue weighted by atomic mass is 10.2. The second-order valence-corrected chi connectivity index (χ2v) is 4.95. The fraction of sp³-hybridized carbons (Fsp3) is 0.167. The lowest BCUT2D eigenvalue weighted by Gasteiger charge is -1.99. The Morgan fingerprint density at radius 3 is 2.68 bits per heavy atom. The number of hydrogen-bond acceptors (Lipinski definition) is 5. The molecule has 0 unspecified atom stereocenters. The summed E-state index contributed by atoms with van der Waals surface area (Å²) in [6.07, 6.45) is 5.03. The summed E-state index contributed by atoms with van der Waals surface area (Å²) in [4.78, 5) is 20.6. The van der Waals surface area contributed by atoms with Crippen molar-refractivity contribution in [2.75, 3.05) is 0 Å². The van der Waals surface area contributed by atoms with E-state index in [-0.39, 0.29) is 5.69 Å². The number of aryl methyl sites for hydroxylation is 1. The molecule has 0 bridgehead atoms.